The molecular weight excluding hydrogens is 463 g/mol. The van der Waals surface area contributed by atoms with Gasteiger partial charge in [-0.1, -0.05) is 19.1 Å². The molecule has 1 unspecified atom stereocenters. The summed E-state index contributed by atoms with van der Waals surface area (Å²) in [5.41, 5.74) is -2.40. The lowest BCUT2D eigenvalue weighted by Gasteiger charge is -2.26. The van der Waals surface area contributed by atoms with Crippen molar-refractivity contribution >= 4 is 23.8 Å². The van der Waals surface area contributed by atoms with Gasteiger partial charge in [0.05, 0.1) is 18.3 Å². The number of likely N-dealkylation sites (tertiary alicyclic amines) is 1. The van der Waals surface area contributed by atoms with Crippen molar-refractivity contribution in [3.05, 3.63) is 35.6 Å². The molecule has 0 radical (unpaired) electrons. The van der Waals surface area contributed by atoms with Crippen LogP contribution in [0.1, 0.15) is 57.4 Å². The van der Waals surface area contributed by atoms with Crippen molar-refractivity contribution in [3.8, 4) is 0 Å². The Bertz CT molecular complexity index is 912. The van der Waals surface area contributed by atoms with Crippen LogP contribution in [-0.2, 0) is 24.6 Å². The summed E-state index contributed by atoms with van der Waals surface area (Å²) in [5.74, 6) is -5.21. The molecule has 2 aliphatic rings. The maximum absolute atomic E-state index is 13.4. The highest BCUT2D eigenvalue weighted by Crippen LogP contribution is 2.48. The fraction of sp³-hybridized carbons (Fsp3) is 0.583. The van der Waals surface area contributed by atoms with Gasteiger partial charge in [0.15, 0.2) is 5.60 Å². The zero-order chi connectivity index (χ0) is 26.2. The van der Waals surface area contributed by atoms with Crippen LogP contribution in [0.4, 0.5) is 4.39 Å². The van der Waals surface area contributed by atoms with Crippen LogP contribution in [-0.4, -0.2) is 80.4 Å². The predicted molar refractivity (Wildman–Crippen MR) is 122 cm³/mol. The van der Waals surface area contributed by atoms with Gasteiger partial charge in [-0.25, -0.2) is 9.18 Å². The molecule has 35 heavy (non-hydrogen) atoms. The lowest BCUT2D eigenvalue weighted by Crippen LogP contribution is -2.46. The molecule has 1 aliphatic heterocycles. The molecule has 3 rings (SSSR count). The molecule has 0 spiro atoms. The van der Waals surface area contributed by atoms with Gasteiger partial charge in [0.1, 0.15) is 5.82 Å². The number of carboxylic acid groups (broad SMARTS) is 3. The van der Waals surface area contributed by atoms with Gasteiger partial charge in [0.2, 0.25) is 5.91 Å². The Morgan fingerprint density at radius 2 is 1.66 bits per heavy atom. The third-order valence-corrected chi connectivity index (χ3v) is 6.35. The topological polar surface area (TPSA) is 164 Å². The van der Waals surface area contributed by atoms with Crippen LogP contribution in [0, 0.1) is 5.82 Å². The minimum absolute atomic E-state index is 0.0733. The maximum atomic E-state index is 13.4. The Morgan fingerprint density at radius 1 is 1.09 bits per heavy atom. The van der Waals surface area contributed by atoms with E-state index in [0.717, 1.165) is 44.5 Å². The van der Waals surface area contributed by atoms with E-state index in [1.807, 2.05) is 6.07 Å². The third-order valence-electron chi connectivity index (χ3n) is 6.35. The van der Waals surface area contributed by atoms with E-state index in [9.17, 15) is 23.6 Å². The number of rotatable bonds is 11. The minimum Gasteiger partial charge on any atom is -0.481 e. The number of amides is 1. The highest BCUT2D eigenvalue weighted by molar-refractivity contribution is 5.91. The summed E-state index contributed by atoms with van der Waals surface area (Å²) in [5, 5.41) is 37.0. The van der Waals surface area contributed by atoms with E-state index < -0.39 is 41.8 Å². The third kappa shape index (κ3) is 8.00. The number of aliphatic hydroxyl groups is 1. The van der Waals surface area contributed by atoms with Gasteiger partial charge in [0.25, 0.3) is 0 Å². The molecule has 1 atom stereocenters. The van der Waals surface area contributed by atoms with Crippen molar-refractivity contribution in [2.45, 2.75) is 68.9 Å². The Balaban J connectivity index is 0.000000287. The zero-order valence-electron chi connectivity index (χ0n) is 19.7. The maximum Gasteiger partial charge on any atom is 0.336 e. The second kappa shape index (κ2) is 12.1. The van der Waals surface area contributed by atoms with E-state index in [-0.39, 0.29) is 17.8 Å². The quantitative estimate of drug-likeness (QED) is 0.306. The van der Waals surface area contributed by atoms with E-state index in [1.165, 1.54) is 25.0 Å². The van der Waals surface area contributed by atoms with Crippen LogP contribution in [0.15, 0.2) is 24.3 Å². The number of carbonyl (C=O) groups excluding carboxylic acids is 1. The summed E-state index contributed by atoms with van der Waals surface area (Å²) >= 11 is 0. The van der Waals surface area contributed by atoms with Crippen LogP contribution < -0.4 is 5.32 Å². The average Bonchev–Trinajstić information content (AvgIpc) is 3.43. The predicted octanol–water partition coefficient (Wildman–Crippen LogP) is 1.60. The normalized spacial score (nSPS) is 17.6. The number of aliphatic carboxylic acids is 3. The molecule has 1 aliphatic carbocycles. The first-order chi connectivity index (χ1) is 16.4. The molecule has 5 N–H and O–H groups in total. The van der Waals surface area contributed by atoms with Crippen molar-refractivity contribution in [1.29, 1.82) is 0 Å². The first kappa shape index (κ1) is 28.2. The van der Waals surface area contributed by atoms with Gasteiger partial charge in [-0.15, -0.1) is 0 Å². The second-order valence-corrected chi connectivity index (χ2v) is 9.16. The monoisotopic (exact) mass is 496 g/mol. The summed E-state index contributed by atoms with van der Waals surface area (Å²) in [6.45, 7) is 5.33. The fourth-order valence-corrected chi connectivity index (χ4v) is 4.15. The largest absolute Gasteiger partial charge is 0.481 e. The van der Waals surface area contributed by atoms with E-state index in [2.05, 4.69) is 17.1 Å². The number of nitrogens with one attached hydrogen (secondary N) is 1. The fourth-order valence-electron chi connectivity index (χ4n) is 4.15. The van der Waals surface area contributed by atoms with Crippen LogP contribution >= 0.6 is 0 Å². The van der Waals surface area contributed by atoms with Gasteiger partial charge < -0.3 is 30.6 Å². The average molecular weight is 497 g/mol. The number of carboxylic acids is 3. The Morgan fingerprint density at radius 3 is 2.09 bits per heavy atom. The summed E-state index contributed by atoms with van der Waals surface area (Å²) in [6, 6.07) is 6.70. The Hall–Kier alpha value is -3.05. The summed E-state index contributed by atoms with van der Waals surface area (Å²) in [4.78, 5) is 45.6. The Labute approximate surface area is 202 Å². The first-order valence-corrected chi connectivity index (χ1v) is 11.6. The first-order valence-electron chi connectivity index (χ1n) is 11.6. The molecule has 10 nitrogen and oxygen atoms in total. The molecule has 1 amide bonds. The molecule has 0 aromatic heterocycles. The number of nitrogens with zero attached hydrogens (tertiary/aromatic N) is 1. The standard InChI is InChI=1S/C18H25FN2O.C6H8O7/c1-2-16(13-21-10-3-4-11-21)20-17(22)18(8-9-18)14-6-5-7-15(19)12-14;7-3(8)1-6(13,5(11)12)2-4(9)10/h5-7,12,16H,2-4,8-11,13H2,1H3,(H,20,22);13H,1-2H2,(H,7,8)(H,9,10)(H,11,12). The smallest absolute Gasteiger partial charge is 0.336 e. The van der Waals surface area contributed by atoms with Crippen molar-refractivity contribution < 1.29 is 44.0 Å². The minimum atomic E-state index is -2.74. The number of halogens is 1. The van der Waals surface area contributed by atoms with Crippen molar-refractivity contribution in [1.82, 2.24) is 10.2 Å². The summed E-state index contributed by atoms with van der Waals surface area (Å²) in [7, 11) is 0. The molecule has 194 valence electrons. The highest BCUT2D eigenvalue weighted by atomic mass is 19.1. The number of hydrogen-bond donors (Lipinski definition) is 5. The van der Waals surface area contributed by atoms with Gasteiger partial charge in [0, 0.05) is 12.6 Å². The molecule has 1 heterocycles. The van der Waals surface area contributed by atoms with Crippen molar-refractivity contribution in [3.63, 3.8) is 0 Å². The van der Waals surface area contributed by atoms with Gasteiger partial charge >= 0.3 is 17.9 Å². The molecule has 2 fully saturated rings. The molecule has 0 bridgehead atoms. The lowest BCUT2D eigenvalue weighted by atomic mass is 9.94. The van der Waals surface area contributed by atoms with E-state index >= 15 is 0 Å². The molecular formula is C24H33FN2O8. The van der Waals surface area contributed by atoms with E-state index in [1.54, 1.807) is 6.07 Å². The number of benzene rings is 1. The molecule has 1 aromatic rings. The van der Waals surface area contributed by atoms with Crippen molar-refractivity contribution in [2.24, 2.45) is 0 Å². The van der Waals surface area contributed by atoms with E-state index in [0.29, 0.717) is 0 Å². The second-order valence-electron chi connectivity index (χ2n) is 9.16. The highest BCUT2D eigenvalue weighted by Gasteiger charge is 2.51. The number of carbonyl (C=O) groups is 4. The van der Waals surface area contributed by atoms with Crippen LogP contribution in [0.25, 0.3) is 0 Å². The van der Waals surface area contributed by atoms with Crippen LogP contribution in [0.5, 0.6) is 0 Å². The van der Waals surface area contributed by atoms with Crippen LogP contribution in [0.2, 0.25) is 0 Å². The molecule has 11 heteroatoms. The Kier molecular flexibility index (Phi) is 9.73. The van der Waals surface area contributed by atoms with Gasteiger partial charge in [-0.05, 0) is 62.9 Å². The molecule has 1 saturated heterocycles. The summed E-state index contributed by atoms with van der Waals surface area (Å²) in [6.07, 6.45) is 2.81. The molecule has 1 aromatic carbocycles. The zero-order valence-corrected chi connectivity index (χ0v) is 19.7. The van der Waals surface area contributed by atoms with Gasteiger partial charge in [-0.2, -0.15) is 0 Å². The van der Waals surface area contributed by atoms with E-state index in [4.69, 9.17) is 20.4 Å². The van der Waals surface area contributed by atoms with Crippen LogP contribution in [0.3, 0.4) is 0 Å². The van der Waals surface area contributed by atoms with Crippen molar-refractivity contribution in [2.75, 3.05) is 19.6 Å². The molecule has 1 saturated carbocycles. The van der Waals surface area contributed by atoms with Gasteiger partial charge in [-0.3, -0.25) is 14.4 Å². The SMILES string of the molecule is CCC(CN1CCCC1)NC(=O)C1(c2cccc(F)c2)CC1.O=C(O)CC(O)(CC(=O)O)C(=O)O. The lowest BCUT2D eigenvalue weighted by molar-refractivity contribution is -0.170. The summed E-state index contributed by atoms with van der Waals surface area (Å²) < 4.78 is 13.4. The number of hydrogen-bond acceptors (Lipinski definition) is 6.